The van der Waals surface area contributed by atoms with E-state index in [0.717, 1.165) is 11.1 Å². The normalized spacial score (nSPS) is 12.4. The van der Waals surface area contributed by atoms with Crippen LogP contribution < -0.4 is 4.74 Å². The lowest BCUT2D eigenvalue weighted by atomic mass is 10.0. The van der Waals surface area contributed by atoms with Gasteiger partial charge in [-0.2, -0.15) is 5.10 Å². The molecule has 1 N–H and O–H groups in total. The minimum Gasteiger partial charge on any atom is -0.493 e. The van der Waals surface area contributed by atoms with E-state index >= 15 is 0 Å². The number of aliphatic hydroxyl groups excluding tert-OH is 1. The van der Waals surface area contributed by atoms with Crippen LogP contribution in [0, 0.1) is 0 Å². The van der Waals surface area contributed by atoms with Gasteiger partial charge in [0.25, 0.3) is 0 Å². The molecule has 19 heavy (non-hydrogen) atoms. The number of aromatic nitrogens is 2. The number of ether oxygens (including phenoxy) is 2. The van der Waals surface area contributed by atoms with Gasteiger partial charge in [0.05, 0.1) is 19.9 Å². The van der Waals surface area contributed by atoms with Crippen LogP contribution in [0.3, 0.4) is 0 Å². The minimum absolute atomic E-state index is 0.561. The van der Waals surface area contributed by atoms with Gasteiger partial charge in [-0.1, -0.05) is 24.3 Å². The lowest BCUT2D eigenvalue weighted by molar-refractivity contribution is 0.184. The quantitative estimate of drug-likeness (QED) is 0.890. The third kappa shape index (κ3) is 2.77. The lowest BCUT2D eigenvalue weighted by Gasteiger charge is -2.13. The molecule has 102 valence electrons. The average Bonchev–Trinajstić information content (AvgIpc) is 2.80. The summed E-state index contributed by atoms with van der Waals surface area (Å²) in [4.78, 5) is 0. The second kappa shape index (κ2) is 5.86. The number of hydrogen-bond donors (Lipinski definition) is 1. The van der Waals surface area contributed by atoms with Crippen LogP contribution in [0.4, 0.5) is 0 Å². The van der Waals surface area contributed by atoms with Crippen LogP contribution in [0.1, 0.15) is 22.9 Å². The third-order valence-corrected chi connectivity index (χ3v) is 3.03. The zero-order valence-corrected chi connectivity index (χ0v) is 11.3. The minimum atomic E-state index is -0.765. The Bertz CT molecular complexity index is 534. The molecular weight excluding hydrogens is 244 g/mol. The molecular formula is C14H18N2O3. The number of rotatable bonds is 5. The first-order valence-electron chi connectivity index (χ1n) is 5.99. The SMILES string of the molecule is COCc1ccc(C(O)c2c(OC)cnn2C)cc1. The van der Waals surface area contributed by atoms with Crippen molar-refractivity contribution in [3.05, 3.63) is 47.3 Å². The topological polar surface area (TPSA) is 56.5 Å². The Hall–Kier alpha value is -1.85. The van der Waals surface area contributed by atoms with Crippen LogP contribution in [0.2, 0.25) is 0 Å². The smallest absolute Gasteiger partial charge is 0.162 e. The molecule has 0 fully saturated rings. The highest BCUT2D eigenvalue weighted by molar-refractivity contribution is 5.35. The maximum Gasteiger partial charge on any atom is 0.162 e. The van der Waals surface area contributed by atoms with Gasteiger partial charge in [-0.3, -0.25) is 4.68 Å². The second-order valence-corrected chi connectivity index (χ2v) is 4.30. The van der Waals surface area contributed by atoms with Crippen LogP contribution in [0.25, 0.3) is 0 Å². The fourth-order valence-electron chi connectivity index (χ4n) is 2.02. The number of hydrogen-bond acceptors (Lipinski definition) is 4. The number of nitrogens with zero attached hydrogens (tertiary/aromatic N) is 2. The van der Waals surface area contributed by atoms with Gasteiger partial charge in [0, 0.05) is 14.2 Å². The molecule has 2 aromatic rings. The molecule has 0 aliphatic heterocycles. The van der Waals surface area contributed by atoms with Crippen LogP contribution >= 0.6 is 0 Å². The summed E-state index contributed by atoms with van der Waals surface area (Å²) in [5.74, 6) is 0.580. The Morgan fingerprint density at radius 2 is 1.95 bits per heavy atom. The maximum atomic E-state index is 10.4. The highest BCUT2D eigenvalue weighted by Gasteiger charge is 2.19. The predicted octanol–water partition coefficient (Wildman–Crippen LogP) is 1.66. The van der Waals surface area contributed by atoms with Crippen molar-refractivity contribution in [1.82, 2.24) is 9.78 Å². The molecule has 0 amide bonds. The monoisotopic (exact) mass is 262 g/mol. The first kappa shape index (κ1) is 13.6. The summed E-state index contributed by atoms with van der Waals surface area (Å²) in [7, 11) is 5.00. The van der Waals surface area contributed by atoms with Gasteiger partial charge in [-0.05, 0) is 11.1 Å². The molecule has 2 rings (SSSR count). The van der Waals surface area contributed by atoms with Gasteiger partial charge in [0.15, 0.2) is 5.75 Å². The standard InChI is InChI=1S/C14H18N2O3/c1-16-13(12(19-3)8-15-16)14(17)11-6-4-10(5-7-11)9-18-2/h4-8,14,17H,9H2,1-3H3. The van der Waals surface area contributed by atoms with Crippen LogP contribution in [0.5, 0.6) is 5.75 Å². The highest BCUT2D eigenvalue weighted by Crippen LogP contribution is 2.29. The Morgan fingerprint density at radius 3 is 2.53 bits per heavy atom. The molecule has 1 aromatic heterocycles. The number of aryl methyl sites for hydroxylation is 1. The van der Waals surface area contributed by atoms with E-state index in [0.29, 0.717) is 18.1 Å². The summed E-state index contributed by atoms with van der Waals surface area (Å²) in [6.07, 6.45) is 0.830. The summed E-state index contributed by atoms with van der Waals surface area (Å²) in [5, 5.41) is 14.5. The lowest BCUT2D eigenvalue weighted by Crippen LogP contribution is -2.08. The van der Waals surface area contributed by atoms with Crippen molar-refractivity contribution in [3.63, 3.8) is 0 Å². The van der Waals surface area contributed by atoms with Crippen LogP contribution in [-0.2, 0) is 18.4 Å². The van der Waals surface area contributed by atoms with Crippen molar-refractivity contribution >= 4 is 0 Å². The van der Waals surface area contributed by atoms with E-state index in [1.165, 1.54) is 0 Å². The average molecular weight is 262 g/mol. The molecule has 1 aromatic carbocycles. The van der Waals surface area contributed by atoms with E-state index in [4.69, 9.17) is 9.47 Å². The summed E-state index contributed by atoms with van der Waals surface area (Å²) >= 11 is 0. The Balaban J connectivity index is 2.27. The summed E-state index contributed by atoms with van der Waals surface area (Å²) in [6.45, 7) is 0.561. The fraction of sp³-hybridized carbons (Fsp3) is 0.357. The van der Waals surface area contributed by atoms with E-state index in [1.54, 1.807) is 32.1 Å². The van der Waals surface area contributed by atoms with E-state index in [2.05, 4.69) is 5.10 Å². The van der Waals surface area contributed by atoms with Crippen molar-refractivity contribution in [3.8, 4) is 5.75 Å². The highest BCUT2D eigenvalue weighted by atomic mass is 16.5. The van der Waals surface area contributed by atoms with Crippen molar-refractivity contribution in [1.29, 1.82) is 0 Å². The molecule has 0 bridgehead atoms. The maximum absolute atomic E-state index is 10.4. The van der Waals surface area contributed by atoms with Gasteiger partial charge in [-0.15, -0.1) is 0 Å². The summed E-state index contributed by atoms with van der Waals surface area (Å²) < 4.78 is 11.9. The number of benzene rings is 1. The molecule has 0 radical (unpaired) electrons. The Morgan fingerprint density at radius 1 is 1.26 bits per heavy atom. The molecule has 5 nitrogen and oxygen atoms in total. The molecule has 1 heterocycles. The predicted molar refractivity (Wildman–Crippen MR) is 71.0 cm³/mol. The van der Waals surface area contributed by atoms with E-state index in [-0.39, 0.29) is 0 Å². The van der Waals surface area contributed by atoms with Gasteiger partial charge >= 0.3 is 0 Å². The third-order valence-electron chi connectivity index (χ3n) is 3.03. The second-order valence-electron chi connectivity index (χ2n) is 4.30. The van der Waals surface area contributed by atoms with Crippen LogP contribution in [0.15, 0.2) is 30.5 Å². The largest absolute Gasteiger partial charge is 0.493 e. The number of aliphatic hydroxyl groups is 1. The van der Waals surface area contributed by atoms with Crippen molar-refractivity contribution in [2.75, 3.05) is 14.2 Å². The van der Waals surface area contributed by atoms with Gasteiger partial charge in [-0.25, -0.2) is 0 Å². The molecule has 1 atom stereocenters. The van der Waals surface area contributed by atoms with Crippen molar-refractivity contribution in [2.24, 2.45) is 7.05 Å². The first-order valence-corrected chi connectivity index (χ1v) is 5.99. The van der Waals surface area contributed by atoms with E-state index in [9.17, 15) is 5.11 Å². The van der Waals surface area contributed by atoms with Gasteiger partial charge in [0.2, 0.25) is 0 Å². The molecule has 0 saturated heterocycles. The first-order chi connectivity index (χ1) is 9.17. The Labute approximate surface area is 112 Å². The van der Waals surface area contributed by atoms with Crippen LogP contribution in [-0.4, -0.2) is 29.1 Å². The summed E-state index contributed by atoms with van der Waals surface area (Å²) in [6, 6.07) is 7.63. The summed E-state index contributed by atoms with van der Waals surface area (Å²) in [5.41, 5.74) is 2.50. The molecule has 1 unspecified atom stereocenters. The number of methoxy groups -OCH3 is 2. The van der Waals surface area contributed by atoms with Gasteiger partial charge in [0.1, 0.15) is 11.8 Å². The molecule has 0 spiro atoms. The Kier molecular flexibility index (Phi) is 4.19. The molecule has 5 heteroatoms. The van der Waals surface area contributed by atoms with Crippen molar-refractivity contribution < 1.29 is 14.6 Å². The van der Waals surface area contributed by atoms with E-state index in [1.807, 2.05) is 24.3 Å². The van der Waals surface area contributed by atoms with Gasteiger partial charge < -0.3 is 14.6 Å². The van der Waals surface area contributed by atoms with Crippen molar-refractivity contribution in [2.45, 2.75) is 12.7 Å². The fourth-order valence-corrected chi connectivity index (χ4v) is 2.02. The molecule has 0 saturated carbocycles. The molecule has 0 aliphatic carbocycles. The van der Waals surface area contributed by atoms with E-state index < -0.39 is 6.10 Å². The zero-order chi connectivity index (χ0) is 13.8. The zero-order valence-electron chi connectivity index (χ0n) is 11.3. The molecule has 0 aliphatic rings.